The summed E-state index contributed by atoms with van der Waals surface area (Å²) >= 11 is 12.4. The number of hydrogen-bond acceptors (Lipinski definition) is 3. The quantitative estimate of drug-likeness (QED) is 0.738. The molecule has 5 nitrogen and oxygen atoms in total. The highest BCUT2D eigenvalue weighted by molar-refractivity contribution is 6.36. The minimum Gasteiger partial charge on any atom is -0.342 e. The van der Waals surface area contributed by atoms with Gasteiger partial charge in [0.2, 0.25) is 11.8 Å². The molecule has 2 rings (SSSR count). The summed E-state index contributed by atoms with van der Waals surface area (Å²) in [6, 6.07) is 5.27. The molecular weight excluding hydrogens is 373 g/mol. The van der Waals surface area contributed by atoms with Gasteiger partial charge in [-0.15, -0.1) is 0 Å². The van der Waals surface area contributed by atoms with Crippen LogP contribution in [0, 0.1) is 0 Å². The number of nitrogens with zero attached hydrogens (tertiary/aromatic N) is 3. The van der Waals surface area contributed by atoms with Crippen molar-refractivity contribution in [1.82, 2.24) is 14.7 Å². The Kier molecular flexibility index (Phi) is 8.19. The molecular formula is C19H27Cl2N3O2. The van der Waals surface area contributed by atoms with Crippen LogP contribution in [0.5, 0.6) is 0 Å². The summed E-state index contributed by atoms with van der Waals surface area (Å²) in [4.78, 5) is 30.8. The first kappa shape index (κ1) is 21.0. The molecule has 0 bridgehead atoms. The highest BCUT2D eigenvalue weighted by Crippen LogP contribution is 2.25. The van der Waals surface area contributed by atoms with E-state index in [1.807, 2.05) is 23.6 Å². The normalized spacial score (nSPS) is 15.6. The van der Waals surface area contributed by atoms with Crippen LogP contribution in [0.15, 0.2) is 18.2 Å². The van der Waals surface area contributed by atoms with E-state index in [-0.39, 0.29) is 18.2 Å². The smallest absolute Gasteiger partial charge is 0.236 e. The summed E-state index contributed by atoms with van der Waals surface area (Å²) in [6.07, 6.45) is 1.06. The molecule has 0 atom stereocenters. The Morgan fingerprint density at radius 3 is 2.31 bits per heavy atom. The largest absolute Gasteiger partial charge is 0.342 e. The molecule has 1 saturated heterocycles. The van der Waals surface area contributed by atoms with Gasteiger partial charge in [0, 0.05) is 49.3 Å². The van der Waals surface area contributed by atoms with Gasteiger partial charge in [-0.05, 0) is 38.0 Å². The number of rotatable bonds is 6. The maximum atomic E-state index is 12.7. The number of amides is 2. The summed E-state index contributed by atoms with van der Waals surface area (Å²) in [5, 5.41) is 1.04. The molecule has 2 amide bonds. The summed E-state index contributed by atoms with van der Waals surface area (Å²) < 4.78 is 0. The Morgan fingerprint density at radius 2 is 1.69 bits per heavy atom. The van der Waals surface area contributed by atoms with Crippen LogP contribution in [0.25, 0.3) is 0 Å². The molecule has 7 heteroatoms. The van der Waals surface area contributed by atoms with E-state index in [9.17, 15) is 9.59 Å². The van der Waals surface area contributed by atoms with Gasteiger partial charge in [0.05, 0.1) is 13.0 Å². The van der Waals surface area contributed by atoms with Gasteiger partial charge in [0.1, 0.15) is 0 Å². The monoisotopic (exact) mass is 399 g/mol. The summed E-state index contributed by atoms with van der Waals surface area (Å²) in [7, 11) is 0. The van der Waals surface area contributed by atoms with Gasteiger partial charge in [-0.3, -0.25) is 14.5 Å². The second kappa shape index (κ2) is 10.1. The molecule has 1 aromatic rings. The van der Waals surface area contributed by atoms with E-state index in [0.29, 0.717) is 41.8 Å². The molecule has 1 aliphatic rings. The molecule has 0 saturated carbocycles. The highest BCUT2D eigenvalue weighted by Gasteiger charge is 2.22. The highest BCUT2D eigenvalue weighted by atomic mass is 35.5. The molecule has 0 aromatic heterocycles. The fourth-order valence-electron chi connectivity index (χ4n) is 3.21. The van der Waals surface area contributed by atoms with Gasteiger partial charge < -0.3 is 9.80 Å². The minimum atomic E-state index is 0.0249. The van der Waals surface area contributed by atoms with Crippen molar-refractivity contribution in [2.45, 2.75) is 26.7 Å². The first-order valence-corrected chi connectivity index (χ1v) is 9.92. The third-order valence-corrected chi connectivity index (χ3v) is 5.51. The maximum Gasteiger partial charge on any atom is 0.236 e. The standard InChI is InChI=1S/C19H27Cl2N3O2/c1-3-23(4-2)19(26)14-22-9-6-10-24(12-11-22)18(25)13-15-16(20)7-5-8-17(15)21/h5,7-8H,3-4,6,9-14H2,1-2H3. The van der Waals surface area contributed by atoms with Crippen LogP contribution in [0.1, 0.15) is 25.8 Å². The van der Waals surface area contributed by atoms with Crippen molar-refractivity contribution < 1.29 is 9.59 Å². The molecule has 1 aromatic carbocycles. The lowest BCUT2D eigenvalue weighted by molar-refractivity contribution is -0.132. The van der Waals surface area contributed by atoms with E-state index in [0.717, 1.165) is 26.1 Å². The zero-order valence-electron chi connectivity index (χ0n) is 15.5. The van der Waals surface area contributed by atoms with Crippen molar-refractivity contribution in [2.24, 2.45) is 0 Å². The van der Waals surface area contributed by atoms with E-state index < -0.39 is 0 Å². The number of likely N-dealkylation sites (N-methyl/N-ethyl adjacent to an activating group) is 1. The number of carbonyl (C=O) groups is 2. The topological polar surface area (TPSA) is 43.9 Å². The van der Waals surface area contributed by atoms with Gasteiger partial charge in [-0.1, -0.05) is 29.3 Å². The second-order valence-electron chi connectivity index (χ2n) is 6.45. The van der Waals surface area contributed by atoms with Crippen LogP contribution in [0.3, 0.4) is 0 Å². The van der Waals surface area contributed by atoms with Gasteiger partial charge in [-0.2, -0.15) is 0 Å². The van der Waals surface area contributed by atoms with Crippen LogP contribution < -0.4 is 0 Å². The number of benzene rings is 1. The van der Waals surface area contributed by atoms with Crippen molar-refractivity contribution in [3.8, 4) is 0 Å². The Labute approximate surface area is 165 Å². The third-order valence-electron chi connectivity index (χ3n) is 4.81. The number of halogens is 2. The van der Waals surface area contributed by atoms with E-state index in [2.05, 4.69) is 4.90 Å². The average molecular weight is 400 g/mol. The van der Waals surface area contributed by atoms with E-state index in [4.69, 9.17) is 23.2 Å². The molecule has 0 radical (unpaired) electrons. The fourth-order valence-corrected chi connectivity index (χ4v) is 3.74. The second-order valence-corrected chi connectivity index (χ2v) is 7.27. The lowest BCUT2D eigenvalue weighted by Gasteiger charge is -2.25. The van der Waals surface area contributed by atoms with Crippen molar-refractivity contribution in [2.75, 3.05) is 45.8 Å². The van der Waals surface area contributed by atoms with E-state index in [1.165, 1.54) is 0 Å². The van der Waals surface area contributed by atoms with Crippen LogP contribution in [-0.2, 0) is 16.0 Å². The first-order chi connectivity index (χ1) is 12.5. The van der Waals surface area contributed by atoms with Gasteiger partial charge >= 0.3 is 0 Å². The lowest BCUT2D eigenvalue weighted by Crippen LogP contribution is -2.42. The van der Waals surface area contributed by atoms with Crippen LogP contribution in [-0.4, -0.2) is 72.3 Å². The Hall–Kier alpha value is -1.30. The predicted molar refractivity (Wildman–Crippen MR) is 106 cm³/mol. The van der Waals surface area contributed by atoms with Crippen LogP contribution >= 0.6 is 23.2 Å². The molecule has 0 unspecified atom stereocenters. The molecule has 1 aliphatic heterocycles. The molecule has 0 N–H and O–H groups in total. The lowest BCUT2D eigenvalue weighted by atomic mass is 10.1. The Morgan fingerprint density at radius 1 is 1.04 bits per heavy atom. The van der Waals surface area contributed by atoms with Gasteiger partial charge in [0.15, 0.2) is 0 Å². The van der Waals surface area contributed by atoms with Gasteiger partial charge in [0.25, 0.3) is 0 Å². The molecule has 1 fully saturated rings. The molecule has 1 heterocycles. The van der Waals surface area contributed by atoms with Crippen LogP contribution in [0.4, 0.5) is 0 Å². The third kappa shape index (κ3) is 5.60. The van der Waals surface area contributed by atoms with E-state index in [1.54, 1.807) is 18.2 Å². The molecule has 0 aliphatic carbocycles. The van der Waals surface area contributed by atoms with E-state index >= 15 is 0 Å². The first-order valence-electron chi connectivity index (χ1n) is 9.17. The van der Waals surface area contributed by atoms with Crippen molar-refractivity contribution in [3.05, 3.63) is 33.8 Å². The van der Waals surface area contributed by atoms with Gasteiger partial charge in [-0.25, -0.2) is 0 Å². The van der Waals surface area contributed by atoms with Crippen molar-refractivity contribution in [3.63, 3.8) is 0 Å². The van der Waals surface area contributed by atoms with Crippen molar-refractivity contribution in [1.29, 1.82) is 0 Å². The average Bonchev–Trinajstić information content (AvgIpc) is 2.85. The van der Waals surface area contributed by atoms with Crippen molar-refractivity contribution >= 4 is 35.0 Å². The Bertz CT molecular complexity index is 615. The summed E-state index contributed by atoms with van der Waals surface area (Å²) in [5.74, 6) is 0.176. The zero-order valence-corrected chi connectivity index (χ0v) is 17.0. The molecule has 26 heavy (non-hydrogen) atoms. The fraction of sp³-hybridized carbons (Fsp3) is 0.579. The summed E-state index contributed by atoms with van der Waals surface area (Å²) in [6.45, 7) is 8.69. The summed E-state index contributed by atoms with van der Waals surface area (Å²) in [5.41, 5.74) is 0.679. The number of hydrogen-bond donors (Lipinski definition) is 0. The Balaban J connectivity index is 1.91. The predicted octanol–water partition coefficient (Wildman–Crippen LogP) is 2.94. The maximum absolute atomic E-state index is 12.7. The zero-order chi connectivity index (χ0) is 19.1. The minimum absolute atomic E-state index is 0.0249. The molecule has 0 spiro atoms. The SMILES string of the molecule is CCN(CC)C(=O)CN1CCCN(C(=O)Cc2c(Cl)cccc2Cl)CC1. The molecule has 144 valence electrons. The van der Waals surface area contributed by atoms with Crippen LogP contribution in [0.2, 0.25) is 10.0 Å². The number of carbonyl (C=O) groups excluding carboxylic acids is 2.